The van der Waals surface area contributed by atoms with Crippen LogP contribution < -0.4 is 21.7 Å². The highest BCUT2D eigenvalue weighted by Gasteiger charge is 2.32. The Morgan fingerprint density at radius 2 is 1.42 bits per heavy atom. The number of benzene rings is 1. The van der Waals surface area contributed by atoms with Gasteiger partial charge in [-0.05, 0) is 25.3 Å². The molecule has 3 amide bonds. The Kier molecular flexibility index (Phi) is 10.1. The lowest BCUT2D eigenvalue weighted by Crippen LogP contribution is -2.59. The molecule has 1 aromatic carbocycles. The van der Waals surface area contributed by atoms with Crippen LogP contribution in [0, 0.1) is 5.92 Å². The van der Waals surface area contributed by atoms with Crippen LogP contribution in [-0.2, 0) is 25.6 Å². The molecule has 0 aliphatic carbocycles. The minimum atomic E-state index is -1.54. The fourth-order valence-electron chi connectivity index (χ4n) is 2.78. The first-order chi connectivity index (χ1) is 14.4. The summed E-state index contributed by atoms with van der Waals surface area (Å²) in [5.74, 6) is -3.60. The maximum Gasteiger partial charge on any atom is 0.328 e. The minimum Gasteiger partial charge on any atom is -0.480 e. The number of aliphatic carboxylic acids is 1. The van der Waals surface area contributed by atoms with Crippen LogP contribution in [0.1, 0.15) is 33.3 Å². The number of carbonyl (C=O) groups excluding carboxylic acids is 3. The van der Waals surface area contributed by atoms with Gasteiger partial charge in [0.05, 0.1) is 12.1 Å². The molecule has 1 rings (SSSR count). The number of nitrogens with two attached hydrogens (primary N) is 1. The lowest BCUT2D eigenvalue weighted by molar-refractivity contribution is -0.145. The van der Waals surface area contributed by atoms with Crippen molar-refractivity contribution in [2.75, 3.05) is 0 Å². The number of aliphatic hydroxyl groups is 1. The Hall–Kier alpha value is -2.98. The SMILES string of the molecule is CC(N)C(=O)NC(C(=O)NC(Cc1ccccc1)C(=O)NC(C(=O)O)C(C)O)C(C)C. The fraction of sp³-hybridized carbons (Fsp3) is 0.524. The molecule has 0 spiro atoms. The van der Waals surface area contributed by atoms with E-state index in [4.69, 9.17) is 5.73 Å². The van der Waals surface area contributed by atoms with Gasteiger partial charge in [-0.2, -0.15) is 0 Å². The molecule has 5 unspecified atom stereocenters. The highest BCUT2D eigenvalue weighted by Crippen LogP contribution is 2.08. The summed E-state index contributed by atoms with van der Waals surface area (Å²) >= 11 is 0. The normalized spacial score (nSPS) is 15.8. The van der Waals surface area contributed by atoms with E-state index in [1.165, 1.54) is 13.8 Å². The van der Waals surface area contributed by atoms with Crippen LogP contribution in [0.3, 0.4) is 0 Å². The molecule has 7 N–H and O–H groups in total. The van der Waals surface area contributed by atoms with Crippen molar-refractivity contribution in [2.24, 2.45) is 11.7 Å². The molecule has 0 radical (unpaired) electrons. The molecule has 10 nitrogen and oxygen atoms in total. The van der Waals surface area contributed by atoms with E-state index in [-0.39, 0.29) is 12.3 Å². The number of amides is 3. The zero-order chi connectivity index (χ0) is 23.7. The maximum atomic E-state index is 12.9. The predicted molar refractivity (Wildman–Crippen MR) is 114 cm³/mol. The summed E-state index contributed by atoms with van der Waals surface area (Å²) in [5.41, 5.74) is 6.29. The fourth-order valence-corrected chi connectivity index (χ4v) is 2.78. The first-order valence-corrected chi connectivity index (χ1v) is 10.1. The average Bonchev–Trinajstić information content (AvgIpc) is 2.68. The number of nitrogens with one attached hydrogen (secondary N) is 3. The molecule has 5 atom stereocenters. The molecule has 0 aliphatic heterocycles. The summed E-state index contributed by atoms with van der Waals surface area (Å²) in [6.07, 6.45) is -1.26. The van der Waals surface area contributed by atoms with Crippen molar-refractivity contribution in [2.45, 2.75) is 64.4 Å². The number of rotatable bonds is 11. The molecule has 172 valence electrons. The van der Waals surface area contributed by atoms with Crippen LogP contribution in [-0.4, -0.2) is 64.2 Å². The minimum absolute atomic E-state index is 0.0800. The standard InChI is InChI=1S/C21H32N4O6/c1-11(2)16(24-18(27)12(3)22)20(29)23-15(10-14-8-6-5-7-9-14)19(28)25-17(13(4)26)21(30)31/h5-9,11-13,15-17,26H,10,22H2,1-4H3,(H,23,29)(H,24,27)(H,25,28)(H,30,31). The van der Waals surface area contributed by atoms with Gasteiger partial charge in [-0.15, -0.1) is 0 Å². The molecule has 10 heteroatoms. The van der Waals surface area contributed by atoms with Crippen molar-refractivity contribution >= 4 is 23.7 Å². The Bertz CT molecular complexity index is 766. The van der Waals surface area contributed by atoms with Crippen molar-refractivity contribution in [1.29, 1.82) is 0 Å². The topological polar surface area (TPSA) is 171 Å². The third-order valence-electron chi connectivity index (χ3n) is 4.62. The van der Waals surface area contributed by atoms with E-state index in [1.807, 2.05) is 0 Å². The van der Waals surface area contributed by atoms with Crippen molar-refractivity contribution in [3.63, 3.8) is 0 Å². The van der Waals surface area contributed by atoms with Gasteiger partial charge in [0.2, 0.25) is 17.7 Å². The van der Waals surface area contributed by atoms with Gasteiger partial charge in [-0.1, -0.05) is 44.2 Å². The number of carboxylic acids is 1. The zero-order valence-corrected chi connectivity index (χ0v) is 18.2. The summed E-state index contributed by atoms with van der Waals surface area (Å²) in [7, 11) is 0. The summed E-state index contributed by atoms with van der Waals surface area (Å²) in [6, 6.07) is 4.40. The zero-order valence-electron chi connectivity index (χ0n) is 18.2. The molecule has 0 saturated heterocycles. The highest BCUT2D eigenvalue weighted by molar-refractivity contribution is 5.94. The number of aliphatic hydroxyl groups excluding tert-OH is 1. The van der Waals surface area contributed by atoms with Crippen LogP contribution >= 0.6 is 0 Å². The summed E-state index contributed by atoms with van der Waals surface area (Å²) < 4.78 is 0. The lowest BCUT2D eigenvalue weighted by atomic mass is 10.0. The van der Waals surface area contributed by atoms with E-state index < -0.39 is 54.0 Å². The van der Waals surface area contributed by atoms with Crippen molar-refractivity contribution < 1.29 is 29.4 Å². The third-order valence-corrected chi connectivity index (χ3v) is 4.62. The molecule has 31 heavy (non-hydrogen) atoms. The largest absolute Gasteiger partial charge is 0.480 e. The van der Waals surface area contributed by atoms with Gasteiger partial charge in [0.15, 0.2) is 6.04 Å². The van der Waals surface area contributed by atoms with Crippen molar-refractivity contribution in [1.82, 2.24) is 16.0 Å². The van der Waals surface area contributed by atoms with Gasteiger partial charge in [0, 0.05) is 6.42 Å². The highest BCUT2D eigenvalue weighted by atomic mass is 16.4. The van der Waals surface area contributed by atoms with E-state index in [0.717, 1.165) is 5.56 Å². The van der Waals surface area contributed by atoms with Crippen LogP contribution in [0.25, 0.3) is 0 Å². The number of hydrogen-bond acceptors (Lipinski definition) is 6. The van der Waals surface area contributed by atoms with Gasteiger partial charge in [-0.25, -0.2) is 4.79 Å². The molecule has 0 aliphatic rings. The lowest BCUT2D eigenvalue weighted by Gasteiger charge is -2.27. The van der Waals surface area contributed by atoms with E-state index >= 15 is 0 Å². The monoisotopic (exact) mass is 436 g/mol. The van der Waals surface area contributed by atoms with Gasteiger partial charge < -0.3 is 31.9 Å². The first kappa shape index (κ1) is 26.1. The van der Waals surface area contributed by atoms with Gasteiger partial charge >= 0.3 is 5.97 Å². The first-order valence-electron chi connectivity index (χ1n) is 10.1. The molecule has 0 saturated carbocycles. The van der Waals surface area contributed by atoms with E-state index in [2.05, 4.69) is 16.0 Å². The van der Waals surface area contributed by atoms with Crippen LogP contribution in [0.4, 0.5) is 0 Å². The van der Waals surface area contributed by atoms with E-state index in [9.17, 15) is 29.4 Å². The van der Waals surface area contributed by atoms with Crippen molar-refractivity contribution in [3.05, 3.63) is 35.9 Å². The number of carbonyl (C=O) groups is 4. The molecular formula is C21H32N4O6. The maximum absolute atomic E-state index is 12.9. The summed E-state index contributed by atoms with van der Waals surface area (Å²) in [6.45, 7) is 6.18. The van der Waals surface area contributed by atoms with Crippen molar-refractivity contribution in [3.8, 4) is 0 Å². The molecule has 0 bridgehead atoms. The summed E-state index contributed by atoms with van der Waals surface area (Å²) in [5, 5.41) is 26.3. The average molecular weight is 437 g/mol. The summed E-state index contributed by atoms with van der Waals surface area (Å²) in [4.78, 5) is 49.0. The molecule has 0 aromatic heterocycles. The second-order valence-electron chi connectivity index (χ2n) is 7.83. The predicted octanol–water partition coefficient (Wildman–Crippen LogP) is -0.848. The van der Waals surface area contributed by atoms with Crippen LogP contribution in [0.2, 0.25) is 0 Å². The smallest absolute Gasteiger partial charge is 0.328 e. The molecule has 0 fully saturated rings. The van der Waals surface area contributed by atoms with Gasteiger partial charge in [0.25, 0.3) is 0 Å². The van der Waals surface area contributed by atoms with E-state index in [0.29, 0.717) is 0 Å². The Morgan fingerprint density at radius 3 is 1.87 bits per heavy atom. The van der Waals surface area contributed by atoms with Gasteiger partial charge in [-0.3, -0.25) is 14.4 Å². The van der Waals surface area contributed by atoms with Crippen LogP contribution in [0.5, 0.6) is 0 Å². The third kappa shape index (κ3) is 8.35. The van der Waals surface area contributed by atoms with E-state index in [1.54, 1.807) is 44.2 Å². The number of carboxylic acid groups (broad SMARTS) is 1. The second-order valence-corrected chi connectivity index (χ2v) is 7.83. The Balaban J connectivity index is 3.09. The molecular weight excluding hydrogens is 404 g/mol. The Morgan fingerprint density at radius 1 is 0.871 bits per heavy atom. The molecule has 0 heterocycles. The Labute approximate surface area is 181 Å². The molecule has 1 aromatic rings. The number of hydrogen-bond donors (Lipinski definition) is 6. The second kappa shape index (κ2) is 12.0. The van der Waals surface area contributed by atoms with Gasteiger partial charge in [0.1, 0.15) is 12.1 Å². The van der Waals surface area contributed by atoms with Crippen LogP contribution in [0.15, 0.2) is 30.3 Å². The quantitative estimate of drug-likeness (QED) is 0.262.